The number of carbonyl (C=O) groups excluding carboxylic acids is 1. The zero-order chi connectivity index (χ0) is 15.7. The third-order valence-electron chi connectivity index (χ3n) is 4.08. The van der Waals surface area contributed by atoms with Crippen LogP contribution in [0.15, 0.2) is 29.2 Å². The van der Waals surface area contributed by atoms with Gasteiger partial charge in [0, 0.05) is 32.6 Å². The standard InChI is InChI=1S/C14H17FN2O4S/c15-11-3-1-2-4-13(11)22(19,20)17-8-6-16(7-9-17)12-5-10-21-14(12)18/h1-4,12H,5-10H2/t12-/m1/s1. The lowest BCUT2D eigenvalue weighted by atomic mass is 10.2. The van der Waals surface area contributed by atoms with E-state index in [1.807, 2.05) is 4.90 Å². The molecule has 1 atom stereocenters. The molecule has 3 rings (SSSR count). The summed E-state index contributed by atoms with van der Waals surface area (Å²) in [5.41, 5.74) is 0. The van der Waals surface area contributed by atoms with Crippen molar-refractivity contribution in [3.8, 4) is 0 Å². The van der Waals surface area contributed by atoms with E-state index in [4.69, 9.17) is 4.74 Å². The Labute approximate surface area is 128 Å². The Kier molecular flexibility index (Phi) is 4.16. The Balaban J connectivity index is 1.71. The third-order valence-corrected chi connectivity index (χ3v) is 6.01. The molecule has 0 N–H and O–H groups in total. The van der Waals surface area contributed by atoms with Crippen molar-refractivity contribution in [2.45, 2.75) is 17.4 Å². The van der Waals surface area contributed by atoms with Crippen LogP contribution in [0.5, 0.6) is 0 Å². The molecule has 120 valence electrons. The maximum Gasteiger partial charge on any atom is 0.323 e. The van der Waals surface area contributed by atoms with Crippen molar-refractivity contribution in [3.05, 3.63) is 30.1 Å². The molecule has 0 unspecified atom stereocenters. The Hall–Kier alpha value is -1.51. The van der Waals surface area contributed by atoms with E-state index in [0.29, 0.717) is 26.1 Å². The summed E-state index contributed by atoms with van der Waals surface area (Å²) in [6.45, 7) is 1.76. The predicted octanol–water partition coefficient (Wildman–Crippen LogP) is 0.448. The van der Waals surface area contributed by atoms with E-state index < -0.39 is 15.8 Å². The summed E-state index contributed by atoms with van der Waals surface area (Å²) >= 11 is 0. The Morgan fingerprint density at radius 1 is 1.14 bits per heavy atom. The lowest BCUT2D eigenvalue weighted by molar-refractivity contribution is -0.142. The molecule has 0 saturated carbocycles. The van der Waals surface area contributed by atoms with Gasteiger partial charge in [0.1, 0.15) is 16.8 Å². The van der Waals surface area contributed by atoms with Crippen LogP contribution in [-0.4, -0.2) is 62.4 Å². The zero-order valence-corrected chi connectivity index (χ0v) is 12.8. The smallest absolute Gasteiger partial charge is 0.323 e. The van der Waals surface area contributed by atoms with Crippen LogP contribution < -0.4 is 0 Å². The molecule has 22 heavy (non-hydrogen) atoms. The quantitative estimate of drug-likeness (QED) is 0.754. The molecule has 0 aromatic heterocycles. The number of rotatable bonds is 3. The number of sulfonamides is 1. The number of benzene rings is 1. The van der Waals surface area contributed by atoms with Crippen molar-refractivity contribution >= 4 is 16.0 Å². The number of halogens is 1. The molecule has 1 aromatic rings. The molecule has 0 bridgehead atoms. The average Bonchev–Trinajstić information content (AvgIpc) is 2.94. The predicted molar refractivity (Wildman–Crippen MR) is 76.1 cm³/mol. The summed E-state index contributed by atoms with van der Waals surface area (Å²) in [5.74, 6) is -0.991. The van der Waals surface area contributed by atoms with Gasteiger partial charge >= 0.3 is 5.97 Å². The highest BCUT2D eigenvalue weighted by atomic mass is 32.2. The fraction of sp³-hybridized carbons (Fsp3) is 0.500. The first-order chi connectivity index (χ1) is 10.5. The number of hydrogen-bond donors (Lipinski definition) is 0. The van der Waals surface area contributed by atoms with Crippen molar-refractivity contribution in [2.24, 2.45) is 0 Å². The van der Waals surface area contributed by atoms with Crippen LogP contribution in [-0.2, 0) is 19.6 Å². The SMILES string of the molecule is O=C1OCC[C@H]1N1CCN(S(=O)(=O)c2ccccc2F)CC1. The third kappa shape index (κ3) is 2.73. The topological polar surface area (TPSA) is 66.9 Å². The Morgan fingerprint density at radius 3 is 2.41 bits per heavy atom. The second kappa shape index (κ2) is 5.94. The fourth-order valence-corrected chi connectivity index (χ4v) is 4.35. The van der Waals surface area contributed by atoms with E-state index in [1.165, 1.54) is 22.5 Å². The van der Waals surface area contributed by atoms with Crippen molar-refractivity contribution in [3.63, 3.8) is 0 Å². The van der Waals surface area contributed by atoms with Crippen molar-refractivity contribution in [1.82, 2.24) is 9.21 Å². The van der Waals surface area contributed by atoms with E-state index in [0.717, 1.165) is 6.07 Å². The van der Waals surface area contributed by atoms with E-state index in [1.54, 1.807) is 0 Å². The van der Waals surface area contributed by atoms with Crippen LogP contribution in [0.1, 0.15) is 6.42 Å². The zero-order valence-electron chi connectivity index (χ0n) is 11.9. The summed E-state index contributed by atoms with van der Waals surface area (Å²) in [6, 6.07) is 5.08. The molecular weight excluding hydrogens is 311 g/mol. The largest absolute Gasteiger partial charge is 0.464 e. The van der Waals surface area contributed by atoms with Gasteiger partial charge in [0.2, 0.25) is 10.0 Å². The van der Waals surface area contributed by atoms with Gasteiger partial charge in [-0.3, -0.25) is 9.69 Å². The molecular formula is C14H17FN2O4S. The number of esters is 1. The van der Waals surface area contributed by atoms with Gasteiger partial charge < -0.3 is 4.74 Å². The van der Waals surface area contributed by atoms with Crippen LogP contribution in [0.3, 0.4) is 0 Å². The van der Waals surface area contributed by atoms with E-state index in [2.05, 4.69) is 0 Å². The number of piperazine rings is 1. The minimum Gasteiger partial charge on any atom is -0.464 e. The summed E-state index contributed by atoms with van der Waals surface area (Å²) in [7, 11) is -3.84. The monoisotopic (exact) mass is 328 g/mol. The molecule has 0 radical (unpaired) electrons. The van der Waals surface area contributed by atoms with Crippen LogP contribution in [0.25, 0.3) is 0 Å². The van der Waals surface area contributed by atoms with Gasteiger partial charge in [-0.25, -0.2) is 12.8 Å². The summed E-state index contributed by atoms with van der Waals surface area (Å²) < 4.78 is 44.9. The molecule has 0 amide bonds. The second-order valence-corrected chi connectivity index (χ2v) is 7.25. The first kappa shape index (κ1) is 15.4. The molecule has 2 saturated heterocycles. The van der Waals surface area contributed by atoms with Crippen molar-refractivity contribution in [1.29, 1.82) is 0 Å². The highest BCUT2D eigenvalue weighted by molar-refractivity contribution is 7.89. The molecule has 6 nitrogen and oxygen atoms in total. The highest BCUT2D eigenvalue weighted by Gasteiger charge is 2.37. The molecule has 0 spiro atoms. The van der Waals surface area contributed by atoms with Crippen LogP contribution >= 0.6 is 0 Å². The second-order valence-electron chi connectivity index (χ2n) is 5.34. The summed E-state index contributed by atoms with van der Waals surface area (Å²) in [4.78, 5) is 13.2. The van der Waals surface area contributed by atoms with Gasteiger partial charge in [-0.05, 0) is 12.1 Å². The molecule has 2 fully saturated rings. The van der Waals surface area contributed by atoms with Crippen molar-refractivity contribution < 1.29 is 22.3 Å². The van der Waals surface area contributed by atoms with Gasteiger partial charge in [-0.2, -0.15) is 4.31 Å². The molecule has 2 aliphatic heterocycles. The maximum absolute atomic E-state index is 13.7. The molecule has 1 aromatic carbocycles. The van der Waals surface area contributed by atoms with Gasteiger partial charge in [0.05, 0.1) is 6.61 Å². The number of hydrogen-bond acceptors (Lipinski definition) is 5. The Morgan fingerprint density at radius 2 is 1.82 bits per heavy atom. The summed E-state index contributed by atoms with van der Waals surface area (Å²) in [5, 5.41) is 0. The van der Waals surface area contributed by atoms with Gasteiger partial charge in [-0.15, -0.1) is 0 Å². The number of nitrogens with zero attached hydrogens (tertiary/aromatic N) is 2. The number of cyclic esters (lactones) is 1. The van der Waals surface area contributed by atoms with Crippen LogP contribution in [0.2, 0.25) is 0 Å². The molecule has 8 heteroatoms. The van der Waals surface area contributed by atoms with E-state index >= 15 is 0 Å². The minimum atomic E-state index is -3.84. The number of ether oxygens (including phenoxy) is 1. The highest BCUT2D eigenvalue weighted by Crippen LogP contribution is 2.22. The van der Waals surface area contributed by atoms with E-state index in [-0.39, 0.29) is 30.0 Å². The number of carbonyl (C=O) groups is 1. The van der Waals surface area contributed by atoms with Gasteiger partial charge in [0.25, 0.3) is 0 Å². The van der Waals surface area contributed by atoms with Gasteiger partial charge in [-0.1, -0.05) is 12.1 Å². The molecule has 2 heterocycles. The van der Waals surface area contributed by atoms with E-state index in [9.17, 15) is 17.6 Å². The van der Waals surface area contributed by atoms with Crippen LogP contribution in [0, 0.1) is 5.82 Å². The lowest BCUT2D eigenvalue weighted by Crippen LogP contribution is -2.53. The summed E-state index contributed by atoms with van der Waals surface area (Å²) in [6.07, 6.45) is 0.638. The normalized spacial score (nSPS) is 24.4. The average molecular weight is 328 g/mol. The lowest BCUT2D eigenvalue weighted by Gasteiger charge is -2.35. The van der Waals surface area contributed by atoms with Crippen molar-refractivity contribution in [2.75, 3.05) is 32.8 Å². The minimum absolute atomic E-state index is 0.237. The van der Waals surface area contributed by atoms with Crippen LogP contribution in [0.4, 0.5) is 4.39 Å². The fourth-order valence-electron chi connectivity index (χ4n) is 2.87. The first-order valence-corrected chi connectivity index (χ1v) is 8.59. The first-order valence-electron chi connectivity index (χ1n) is 7.15. The Bertz CT molecular complexity index is 671. The molecule has 2 aliphatic rings. The van der Waals surface area contributed by atoms with Gasteiger partial charge in [0.15, 0.2) is 0 Å². The maximum atomic E-state index is 13.7. The molecule has 0 aliphatic carbocycles.